The van der Waals surface area contributed by atoms with E-state index in [4.69, 9.17) is 9.84 Å². The lowest BCUT2D eigenvalue weighted by atomic mass is 9.93. The van der Waals surface area contributed by atoms with Gasteiger partial charge in [0.15, 0.2) is 0 Å². The molecule has 0 aliphatic carbocycles. The molecule has 7 nitrogen and oxygen atoms in total. The first-order valence-corrected chi connectivity index (χ1v) is 7.76. The second-order valence-corrected chi connectivity index (χ2v) is 5.69. The number of nitrogens with zero attached hydrogens (tertiary/aromatic N) is 3. The summed E-state index contributed by atoms with van der Waals surface area (Å²) in [4.78, 5) is 14.1. The highest BCUT2D eigenvalue weighted by Crippen LogP contribution is 2.29. The number of amides is 1. The summed E-state index contributed by atoms with van der Waals surface area (Å²) in [7, 11) is 1.62. The number of ether oxygens (including phenoxy) is 1. The van der Waals surface area contributed by atoms with Gasteiger partial charge in [-0.2, -0.15) is 5.10 Å². The summed E-state index contributed by atoms with van der Waals surface area (Å²) in [6.07, 6.45) is 2.57. The Kier molecular flexibility index (Phi) is 5.93. The molecule has 0 spiro atoms. The summed E-state index contributed by atoms with van der Waals surface area (Å²) in [5.41, 5.74) is 1.40. The Morgan fingerprint density at radius 1 is 1.55 bits per heavy atom. The van der Waals surface area contributed by atoms with E-state index < -0.39 is 6.10 Å². The molecule has 1 aliphatic rings. The highest BCUT2D eigenvalue weighted by Gasteiger charge is 2.27. The van der Waals surface area contributed by atoms with Crippen molar-refractivity contribution in [3.05, 3.63) is 17.5 Å². The van der Waals surface area contributed by atoms with Gasteiger partial charge in [-0.25, -0.2) is 0 Å². The SMILES string of the molecule is CCn1cc(C(=O)N(C)C[C@H](O)CO)c(C2CCOCC2)n1. The van der Waals surface area contributed by atoms with Crippen LogP contribution in [0.5, 0.6) is 0 Å². The smallest absolute Gasteiger partial charge is 0.257 e. The molecule has 2 rings (SSSR count). The van der Waals surface area contributed by atoms with E-state index >= 15 is 0 Å². The first-order valence-electron chi connectivity index (χ1n) is 7.76. The van der Waals surface area contributed by atoms with Gasteiger partial charge in [0.1, 0.15) is 0 Å². The fraction of sp³-hybridized carbons (Fsp3) is 0.733. The van der Waals surface area contributed by atoms with E-state index in [1.165, 1.54) is 4.90 Å². The fourth-order valence-corrected chi connectivity index (χ4v) is 2.70. The Balaban J connectivity index is 2.20. The van der Waals surface area contributed by atoms with Crippen molar-refractivity contribution in [2.24, 2.45) is 0 Å². The standard InChI is InChI=1S/C15H25N3O4/c1-3-18-9-13(15(21)17(2)8-12(20)10-19)14(16-18)11-4-6-22-7-5-11/h9,11-12,19-20H,3-8,10H2,1-2H3/t12-/m0/s1. The van der Waals surface area contributed by atoms with E-state index in [1.54, 1.807) is 17.9 Å². The lowest BCUT2D eigenvalue weighted by molar-refractivity contribution is 0.0516. The average Bonchev–Trinajstić information content (AvgIpc) is 2.99. The molecule has 1 aromatic heterocycles. The Morgan fingerprint density at radius 3 is 2.82 bits per heavy atom. The van der Waals surface area contributed by atoms with Gasteiger partial charge >= 0.3 is 0 Å². The lowest BCUT2D eigenvalue weighted by Crippen LogP contribution is -2.36. The minimum atomic E-state index is -0.929. The molecule has 0 radical (unpaired) electrons. The third kappa shape index (κ3) is 3.85. The van der Waals surface area contributed by atoms with Gasteiger partial charge in [0.2, 0.25) is 0 Å². The molecule has 0 bridgehead atoms. The number of aliphatic hydroxyl groups is 2. The molecular formula is C15H25N3O4. The van der Waals surface area contributed by atoms with Gasteiger partial charge in [-0.3, -0.25) is 9.48 Å². The van der Waals surface area contributed by atoms with Crippen LogP contribution in [0.15, 0.2) is 6.20 Å². The Morgan fingerprint density at radius 2 is 2.23 bits per heavy atom. The first kappa shape index (κ1) is 16.9. The summed E-state index contributed by atoms with van der Waals surface area (Å²) in [6, 6.07) is 0. The molecule has 1 aromatic rings. The number of hydrogen-bond acceptors (Lipinski definition) is 5. The van der Waals surface area contributed by atoms with E-state index in [1.807, 2.05) is 6.92 Å². The largest absolute Gasteiger partial charge is 0.394 e. The second kappa shape index (κ2) is 7.71. The second-order valence-electron chi connectivity index (χ2n) is 5.69. The van der Waals surface area contributed by atoms with Crippen LogP contribution in [-0.4, -0.2) is 70.3 Å². The van der Waals surface area contributed by atoms with Gasteiger partial charge in [-0.15, -0.1) is 0 Å². The number of likely N-dealkylation sites (N-methyl/N-ethyl adjacent to an activating group) is 1. The number of aryl methyl sites for hydroxylation is 1. The predicted octanol–water partition coefficient (Wildman–Crippen LogP) is 0.222. The maximum absolute atomic E-state index is 12.6. The van der Waals surface area contributed by atoms with Crippen molar-refractivity contribution in [3.63, 3.8) is 0 Å². The van der Waals surface area contributed by atoms with Gasteiger partial charge < -0.3 is 19.8 Å². The third-order valence-corrected chi connectivity index (χ3v) is 3.99. The molecule has 2 N–H and O–H groups in total. The zero-order valence-corrected chi connectivity index (χ0v) is 13.2. The van der Waals surface area contributed by atoms with Gasteiger partial charge in [-0.05, 0) is 19.8 Å². The normalized spacial score (nSPS) is 17.5. The van der Waals surface area contributed by atoms with E-state index in [0.717, 1.165) is 18.5 Å². The molecule has 0 unspecified atom stereocenters. The number of carbonyl (C=O) groups excluding carboxylic acids is 1. The predicted molar refractivity (Wildman–Crippen MR) is 80.7 cm³/mol. The molecule has 22 heavy (non-hydrogen) atoms. The van der Waals surface area contributed by atoms with Crippen LogP contribution in [0.4, 0.5) is 0 Å². The molecule has 1 fully saturated rings. The van der Waals surface area contributed by atoms with Crippen molar-refractivity contribution in [2.45, 2.75) is 38.3 Å². The molecule has 0 aromatic carbocycles. The van der Waals surface area contributed by atoms with E-state index in [-0.39, 0.29) is 25.0 Å². The summed E-state index contributed by atoms with van der Waals surface area (Å²) in [5, 5.41) is 23.0. The number of rotatable bonds is 6. The molecule has 1 aliphatic heterocycles. The van der Waals surface area contributed by atoms with E-state index in [0.29, 0.717) is 25.3 Å². The highest BCUT2D eigenvalue weighted by atomic mass is 16.5. The number of hydrogen-bond donors (Lipinski definition) is 2. The summed E-state index contributed by atoms with van der Waals surface area (Å²) < 4.78 is 7.15. The van der Waals surface area contributed by atoms with Crippen LogP contribution >= 0.6 is 0 Å². The van der Waals surface area contributed by atoms with Gasteiger partial charge in [-0.1, -0.05) is 0 Å². The number of carbonyl (C=O) groups is 1. The molecule has 7 heteroatoms. The van der Waals surface area contributed by atoms with Crippen molar-refractivity contribution in [2.75, 3.05) is 33.4 Å². The van der Waals surface area contributed by atoms with Crippen LogP contribution in [-0.2, 0) is 11.3 Å². The Labute approximate surface area is 130 Å². The quantitative estimate of drug-likeness (QED) is 0.785. The van der Waals surface area contributed by atoms with Crippen molar-refractivity contribution in [1.29, 1.82) is 0 Å². The summed E-state index contributed by atoms with van der Waals surface area (Å²) in [5.74, 6) is 0.0605. The van der Waals surface area contributed by atoms with Gasteiger partial charge in [0, 0.05) is 45.5 Å². The molecule has 1 atom stereocenters. The van der Waals surface area contributed by atoms with Crippen LogP contribution < -0.4 is 0 Å². The molecule has 1 saturated heterocycles. The molecule has 0 saturated carbocycles. The van der Waals surface area contributed by atoms with Crippen LogP contribution in [0.25, 0.3) is 0 Å². The van der Waals surface area contributed by atoms with E-state index in [2.05, 4.69) is 5.10 Å². The maximum atomic E-state index is 12.6. The van der Waals surface area contributed by atoms with E-state index in [9.17, 15) is 9.90 Å². The number of aliphatic hydroxyl groups excluding tert-OH is 2. The van der Waals surface area contributed by atoms with Crippen LogP contribution in [0.1, 0.15) is 41.7 Å². The Bertz CT molecular complexity index is 497. The summed E-state index contributed by atoms with van der Waals surface area (Å²) >= 11 is 0. The molecule has 2 heterocycles. The van der Waals surface area contributed by atoms with Crippen LogP contribution in [0, 0.1) is 0 Å². The van der Waals surface area contributed by atoms with Crippen molar-refractivity contribution < 1.29 is 19.7 Å². The van der Waals surface area contributed by atoms with Crippen LogP contribution in [0.2, 0.25) is 0 Å². The lowest BCUT2D eigenvalue weighted by Gasteiger charge is -2.23. The average molecular weight is 311 g/mol. The monoisotopic (exact) mass is 311 g/mol. The first-order chi connectivity index (χ1) is 10.6. The van der Waals surface area contributed by atoms with Crippen molar-refractivity contribution in [1.82, 2.24) is 14.7 Å². The molecular weight excluding hydrogens is 286 g/mol. The maximum Gasteiger partial charge on any atom is 0.257 e. The van der Waals surface area contributed by atoms with Crippen molar-refractivity contribution in [3.8, 4) is 0 Å². The summed E-state index contributed by atoms with van der Waals surface area (Å²) in [6.45, 7) is 3.80. The molecule has 1 amide bonds. The number of aromatic nitrogens is 2. The Hall–Kier alpha value is -1.44. The van der Waals surface area contributed by atoms with Gasteiger partial charge in [0.05, 0.1) is 24.0 Å². The minimum Gasteiger partial charge on any atom is -0.394 e. The fourth-order valence-electron chi connectivity index (χ4n) is 2.70. The topological polar surface area (TPSA) is 87.8 Å². The van der Waals surface area contributed by atoms with Gasteiger partial charge in [0.25, 0.3) is 5.91 Å². The minimum absolute atomic E-state index is 0.0971. The third-order valence-electron chi connectivity index (χ3n) is 3.99. The van der Waals surface area contributed by atoms with Crippen molar-refractivity contribution >= 4 is 5.91 Å². The zero-order valence-electron chi connectivity index (χ0n) is 13.2. The zero-order chi connectivity index (χ0) is 16.1. The molecule has 124 valence electrons. The van der Waals surface area contributed by atoms with Crippen LogP contribution in [0.3, 0.4) is 0 Å². The highest BCUT2D eigenvalue weighted by molar-refractivity contribution is 5.95.